The first-order valence-electron chi connectivity index (χ1n) is 9.54. The summed E-state index contributed by atoms with van der Waals surface area (Å²) in [5.41, 5.74) is 3.29. The summed E-state index contributed by atoms with van der Waals surface area (Å²) in [4.78, 5) is 18.8. The van der Waals surface area contributed by atoms with Crippen molar-refractivity contribution < 1.29 is 13.2 Å². The van der Waals surface area contributed by atoms with E-state index >= 15 is 0 Å². The van der Waals surface area contributed by atoms with Crippen LogP contribution < -0.4 is 5.32 Å². The molecule has 0 atom stereocenters. The zero-order valence-electron chi connectivity index (χ0n) is 17.1. The van der Waals surface area contributed by atoms with Crippen molar-refractivity contribution in [1.82, 2.24) is 14.3 Å². The molecule has 1 N–H and O–H groups in total. The molecule has 7 nitrogen and oxygen atoms in total. The molecule has 0 spiro atoms. The number of hydrogen-bond acceptors (Lipinski definition) is 5. The maximum absolute atomic E-state index is 11.9. The molecule has 8 heteroatoms. The Bertz CT molecular complexity index is 1150. The number of pyridine rings is 1. The number of rotatable bonds is 7. The van der Waals surface area contributed by atoms with Crippen molar-refractivity contribution in [2.45, 2.75) is 32.2 Å². The average molecular weight is 415 g/mol. The highest BCUT2D eigenvalue weighted by Crippen LogP contribution is 2.26. The van der Waals surface area contributed by atoms with Gasteiger partial charge in [-0.3, -0.25) is 14.1 Å². The molecule has 0 bridgehead atoms. The van der Waals surface area contributed by atoms with Crippen LogP contribution in [0.3, 0.4) is 0 Å². The number of nitrogens with zero attached hydrogens (tertiary/aromatic N) is 3. The van der Waals surface area contributed by atoms with Gasteiger partial charge in [0.05, 0.1) is 10.6 Å². The van der Waals surface area contributed by atoms with Gasteiger partial charge >= 0.3 is 0 Å². The van der Waals surface area contributed by atoms with Gasteiger partial charge in [0, 0.05) is 25.9 Å². The Morgan fingerprint density at radius 1 is 1.14 bits per heavy atom. The van der Waals surface area contributed by atoms with Crippen LogP contribution in [0, 0.1) is 0 Å². The van der Waals surface area contributed by atoms with E-state index in [0.29, 0.717) is 12.4 Å². The highest BCUT2D eigenvalue weighted by Gasteiger charge is 2.17. The van der Waals surface area contributed by atoms with Crippen LogP contribution in [0.4, 0.5) is 5.82 Å². The SMILES string of the molecule is CCN(CC)Cc1c(NC(C)=O)nc2ccc(-c3cccc(S(C)(=O)=O)c3)cn12. The summed E-state index contributed by atoms with van der Waals surface area (Å²) in [6.45, 7) is 8.03. The van der Waals surface area contributed by atoms with Crippen molar-refractivity contribution in [3.05, 3.63) is 48.3 Å². The van der Waals surface area contributed by atoms with Gasteiger partial charge in [-0.25, -0.2) is 13.4 Å². The zero-order chi connectivity index (χ0) is 21.2. The fourth-order valence-electron chi connectivity index (χ4n) is 3.25. The fraction of sp³-hybridized carbons (Fsp3) is 0.333. The molecule has 0 saturated carbocycles. The predicted octanol–water partition coefficient (Wildman–Crippen LogP) is 3.21. The highest BCUT2D eigenvalue weighted by molar-refractivity contribution is 7.90. The van der Waals surface area contributed by atoms with Gasteiger partial charge in [-0.05, 0) is 48.5 Å². The topological polar surface area (TPSA) is 83.8 Å². The summed E-state index contributed by atoms with van der Waals surface area (Å²) in [6, 6.07) is 10.7. The van der Waals surface area contributed by atoms with Crippen molar-refractivity contribution >= 4 is 27.2 Å². The second-order valence-corrected chi connectivity index (χ2v) is 9.01. The summed E-state index contributed by atoms with van der Waals surface area (Å²) in [6.07, 6.45) is 3.14. The van der Waals surface area contributed by atoms with Gasteiger partial charge in [0.15, 0.2) is 15.7 Å². The minimum Gasteiger partial charge on any atom is -0.309 e. The summed E-state index contributed by atoms with van der Waals surface area (Å²) in [5, 5.41) is 2.83. The van der Waals surface area contributed by atoms with E-state index in [4.69, 9.17) is 0 Å². The standard InChI is InChI=1S/C21H26N4O3S/c1-5-24(6-2)14-19-21(22-15(3)26)23-20-11-10-17(13-25(19)20)16-8-7-9-18(12-16)29(4,27)28/h7-13H,5-6,14H2,1-4H3,(H,22,26). The summed E-state index contributed by atoms with van der Waals surface area (Å²) in [5.74, 6) is 0.377. The Hall–Kier alpha value is -2.71. The molecule has 0 radical (unpaired) electrons. The Morgan fingerprint density at radius 3 is 2.48 bits per heavy atom. The Kier molecular flexibility index (Phi) is 6.04. The quantitative estimate of drug-likeness (QED) is 0.642. The molecule has 0 unspecified atom stereocenters. The van der Waals surface area contributed by atoms with Crippen LogP contribution in [0.5, 0.6) is 0 Å². The number of imidazole rings is 1. The van der Waals surface area contributed by atoms with Crippen LogP contribution in [0.1, 0.15) is 26.5 Å². The highest BCUT2D eigenvalue weighted by atomic mass is 32.2. The van der Waals surface area contributed by atoms with Crippen LogP contribution in [0.25, 0.3) is 16.8 Å². The van der Waals surface area contributed by atoms with Crippen LogP contribution in [0.2, 0.25) is 0 Å². The number of nitrogens with one attached hydrogen (secondary N) is 1. The van der Waals surface area contributed by atoms with Crippen molar-refractivity contribution in [3.8, 4) is 11.1 Å². The fourth-order valence-corrected chi connectivity index (χ4v) is 3.91. The molecule has 3 rings (SSSR count). The third-order valence-corrected chi connectivity index (χ3v) is 5.99. The molecule has 2 aromatic heterocycles. The number of hydrogen-bond donors (Lipinski definition) is 1. The third-order valence-electron chi connectivity index (χ3n) is 4.88. The molecular formula is C21H26N4O3S. The number of fused-ring (bicyclic) bond motifs is 1. The lowest BCUT2D eigenvalue weighted by atomic mass is 10.1. The van der Waals surface area contributed by atoms with Gasteiger partial charge in [-0.2, -0.15) is 0 Å². The maximum atomic E-state index is 11.9. The van der Waals surface area contributed by atoms with E-state index in [1.54, 1.807) is 18.2 Å². The second kappa shape index (κ2) is 8.34. The maximum Gasteiger partial charge on any atom is 0.222 e. The Morgan fingerprint density at radius 2 is 1.86 bits per heavy atom. The summed E-state index contributed by atoms with van der Waals surface area (Å²) < 4.78 is 25.8. The van der Waals surface area contributed by atoms with Gasteiger partial charge < -0.3 is 5.32 Å². The van der Waals surface area contributed by atoms with E-state index in [9.17, 15) is 13.2 Å². The van der Waals surface area contributed by atoms with Crippen molar-refractivity contribution in [3.63, 3.8) is 0 Å². The summed E-state index contributed by atoms with van der Waals surface area (Å²) >= 11 is 0. The first-order chi connectivity index (χ1) is 13.7. The molecular weight excluding hydrogens is 388 g/mol. The number of aromatic nitrogens is 2. The number of benzene rings is 1. The van der Waals surface area contributed by atoms with E-state index in [1.165, 1.54) is 13.2 Å². The minimum absolute atomic E-state index is 0.171. The van der Waals surface area contributed by atoms with Crippen LogP contribution in [-0.4, -0.2) is 48.0 Å². The van der Waals surface area contributed by atoms with Crippen LogP contribution >= 0.6 is 0 Å². The first kappa shape index (κ1) is 21.0. The lowest BCUT2D eigenvalue weighted by Crippen LogP contribution is -2.24. The number of amides is 1. The summed E-state index contributed by atoms with van der Waals surface area (Å²) in [7, 11) is -3.29. The first-order valence-corrected chi connectivity index (χ1v) is 11.4. The van der Waals surface area contributed by atoms with E-state index < -0.39 is 9.84 Å². The zero-order valence-corrected chi connectivity index (χ0v) is 18.0. The molecule has 0 aliphatic rings. The number of sulfone groups is 1. The number of anilines is 1. The van der Waals surface area contributed by atoms with Gasteiger partial charge in [0.25, 0.3) is 0 Å². The molecule has 1 aromatic carbocycles. The van der Waals surface area contributed by atoms with E-state index in [0.717, 1.165) is 35.6 Å². The predicted molar refractivity (Wildman–Crippen MR) is 115 cm³/mol. The van der Waals surface area contributed by atoms with Gasteiger partial charge in [-0.15, -0.1) is 0 Å². The van der Waals surface area contributed by atoms with E-state index in [-0.39, 0.29) is 10.8 Å². The lowest BCUT2D eigenvalue weighted by molar-refractivity contribution is -0.114. The van der Waals surface area contributed by atoms with Crippen molar-refractivity contribution in [2.24, 2.45) is 0 Å². The normalized spacial score (nSPS) is 11.9. The van der Waals surface area contributed by atoms with Crippen LogP contribution in [0.15, 0.2) is 47.5 Å². The molecule has 29 heavy (non-hydrogen) atoms. The number of carbonyl (C=O) groups excluding carboxylic acids is 1. The van der Waals surface area contributed by atoms with Gasteiger partial charge in [0.2, 0.25) is 5.91 Å². The Balaban J connectivity index is 2.14. The number of carbonyl (C=O) groups is 1. The molecule has 0 aliphatic heterocycles. The third kappa shape index (κ3) is 4.65. The van der Waals surface area contributed by atoms with Gasteiger partial charge in [-0.1, -0.05) is 26.0 Å². The van der Waals surface area contributed by atoms with Crippen LogP contribution in [-0.2, 0) is 21.2 Å². The van der Waals surface area contributed by atoms with Crippen molar-refractivity contribution in [2.75, 3.05) is 24.7 Å². The monoisotopic (exact) mass is 414 g/mol. The molecule has 3 aromatic rings. The molecule has 0 aliphatic carbocycles. The molecule has 2 heterocycles. The van der Waals surface area contributed by atoms with E-state index in [1.807, 2.05) is 28.8 Å². The molecule has 154 valence electrons. The van der Waals surface area contributed by atoms with E-state index in [2.05, 4.69) is 29.0 Å². The minimum atomic E-state index is -3.29. The van der Waals surface area contributed by atoms with Gasteiger partial charge in [0.1, 0.15) is 5.65 Å². The largest absolute Gasteiger partial charge is 0.309 e. The molecule has 0 fully saturated rings. The smallest absolute Gasteiger partial charge is 0.222 e. The lowest BCUT2D eigenvalue weighted by Gasteiger charge is -2.18. The Labute approximate surface area is 171 Å². The second-order valence-electron chi connectivity index (χ2n) is 7.00. The molecule has 0 saturated heterocycles. The van der Waals surface area contributed by atoms with Crippen molar-refractivity contribution in [1.29, 1.82) is 0 Å². The average Bonchev–Trinajstić information content (AvgIpc) is 3.00. The molecule has 1 amide bonds.